The molecule has 0 aliphatic carbocycles. The van der Waals surface area contributed by atoms with Crippen LogP contribution in [0.2, 0.25) is 0 Å². The lowest BCUT2D eigenvalue weighted by molar-refractivity contribution is 0.108. The van der Waals surface area contributed by atoms with Crippen LogP contribution in [0.1, 0.15) is 43.5 Å². The third kappa shape index (κ3) is 4.44. The van der Waals surface area contributed by atoms with Gasteiger partial charge in [0.2, 0.25) is 0 Å². The van der Waals surface area contributed by atoms with E-state index in [1.807, 2.05) is 43.0 Å². The van der Waals surface area contributed by atoms with Gasteiger partial charge in [0.1, 0.15) is 22.9 Å². The summed E-state index contributed by atoms with van der Waals surface area (Å²) < 4.78 is 13.1. The van der Waals surface area contributed by atoms with Crippen molar-refractivity contribution >= 4 is 17.3 Å². The number of fused-ring (bicyclic) bond motifs is 1. The Hall–Kier alpha value is -2.83. The molecule has 3 aromatic heterocycles. The number of rotatable bonds is 5. The molecule has 1 unspecified atom stereocenters. The summed E-state index contributed by atoms with van der Waals surface area (Å²) in [5.41, 5.74) is 1.80. The smallest absolute Gasteiger partial charge is 0.409 e. The summed E-state index contributed by atoms with van der Waals surface area (Å²) in [6, 6.07) is 7.92. The van der Waals surface area contributed by atoms with E-state index in [4.69, 9.17) is 14.1 Å². The van der Waals surface area contributed by atoms with Crippen LogP contribution in [0.3, 0.4) is 0 Å². The van der Waals surface area contributed by atoms with Crippen molar-refractivity contribution in [1.82, 2.24) is 19.4 Å². The van der Waals surface area contributed by atoms with Gasteiger partial charge < -0.3 is 18.6 Å². The minimum atomic E-state index is -0.197. The van der Waals surface area contributed by atoms with Gasteiger partial charge >= 0.3 is 6.09 Å². The molecule has 0 aromatic carbocycles. The third-order valence-electron chi connectivity index (χ3n) is 5.54. The number of aromatic nitrogens is 3. The van der Waals surface area contributed by atoms with E-state index in [1.165, 1.54) is 0 Å². The van der Waals surface area contributed by atoms with Crippen LogP contribution in [-0.4, -0.2) is 45.2 Å². The number of aryl methyl sites for hydroxylation is 1. The number of imidazole rings is 1. The van der Waals surface area contributed by atoms with E-state index in [9.17, 15) is 4.79 Å². The van der Waals surface area contributed by atoms with Crippen LogP contribution in [-0.2, 0) is 17.7 Å². The van der Waals surface area contributed by atoms with Crippen molar-refractivity contribution in [3.63, 3.8) is 0 Å². The Labute approximate surface area is 170 Å². The molecule has 0 bridgehead atoms. The summed E-state index contributed by atoms with van der Waals surface area (Å²) in [6.07, 6.45) is 5.49. The van der Waals surface area contributed by atoms with E-state index in [2.05, 4.69) is 9.55 Å². The summed E-state index contributed by atoms with van der Waals surface area (Å²) in [4.78, 5) is 23.3. The van der Waals surface area contributed by atoms with E-state index in [-0.39, 0.29) is 6.09 Å². The van der Waals surface area contributed by atoms with Crippen LogP contribution >= 0.6 is 0 Å². The minimum Gasteiger partial charge on any atom is -0.464 e. The number of hydrogen-bond acceptors (Lipinski definition) is 5. The standard InChI is InChI=1S/C22H28N4O3/c1-3-28-22(27)25-12-5-6-17(10-13-25)14-20-24-19-7-4-11-23-21(19)26(20)15-18-9-8-16(2)29-18/h4,7-9,11,17H,3,5-6,10,12-15H2,1-2H3. The average molecular weight is 396 g/mol. The number of amides is 1. The molecule has 1 aliphatic heterocycles. The van der Waals surface area contributed by atoms with Crippen molar-refractivity contribution in [2.45, 2.75) is 46.1 Å². The first kappa shape index (κ1) is 19.5. The van der Waals surface area contributed by atoms with Gasteiger partial charge in [0.15, 0.2) is 5.65 Å². The van der Waals surface area contributed by atoms with Gasteiger partial charge in [-0.2, -0.15) is 0 Å². The predicted molar refractivity (Wildman–Crippen MR) is 110 cm³/mol. The highest BCUT2D eigenvalue weighted by molar-refractivity contribution is 5.71. The molecule has 4 rings (SSSR count). The van der Waals surface area contributed by atoms with Crippen molar-refractivity contribution in [3.8, 4) is 0 Å². The highest BCUT2D eigenvalue weighted by Crippen LogP contribution is 2.25. The largest absolute Gasteiger partial charge is 0.464 e. The quantitative estimate of drug-likeness (QED) is 0.647. The molecule has 154 valence electrons. The second-order valence-electron chi connectivity index (χ2n) is 7.66. The number of ether oxygens (including phenoxy) is 1. The molecule has 0 N–H and O–H groups in total. The fraction of sp³-hybridized carbons (Fsp3) is 0.500. The molecule has 1 saturated heterocycles. The first-order chi connectivity index (χ1) is 14.1. The van der Waals surface area contributed by atoms with Gasteiger partial charge in [-0.15, -0.1) is 0 Å². The molecule has 0 radical (unpaired) electrons. The van der Waals surface area contributed by atoms with Crippen LogP contribution < -0.4 is 0 Å². The minimum absolute atomic E-state index is 0.197. The maximum atomic E-state index is 12.1. The normalized spacial score (nSPS) is 17.4. The Balaban J connectivity index is 1.53. The van der Waals surface area contributed by atoms with Gasteiger partial charge in [-0.05, 0) is 63.3 Å². The number of likely N-dealkylation sites (tertiary alicyclic amines) is 1. The monoisotopic (exact) mass is 396 g/mol. The second kappa shape index (κ2) is 8.68. The summed E-state index contributed by atoms with van der Waals surface area (Å²) in [5.74, 6) is 3.32. The SMILES string of the molecule is CCOC(=O)N1CCCC(Cc2nc3cccnc3n2Cc2ccc(C)o2)CC1. The number of nitrogens with zero attached hydrogens (tertiary/aromatic N) is 4. The lowest BCUT2D eigenvalue weighted by Crippen LogP contribution is -2.32. The molecular formula is C22H28N4O3. The van der Waals surface area contributed by atoms with Crippen molar-refractivity contribution in [3.05, 3.63) is 47.8 Å². The summed E-state index contributed by atoms with van der Waals surface area (Å²) in [5, 5.41) is 0. The number of pyridine rings is 1. The highest BCUT2D eigenvalue weighted by atomic mass is 16.6. The fourth-order valence-corrected chi connectivity index (χ4v) is 4.08. The Morgan fingerprint density at radius 1 is 1.28 bits per heavy atom. The Morgan fingerprint density at radius 3 is 2.97 bits per heavy atom. The van der Waals surface area contributed by atoms with Crippen LogP contribution in [0.5, 0.6) is 0 Å². The van der Waals surface area contributed by atoms with Gasteiger partial charge in [0.25, 0.3) is 0 Å². The molecule has 0 spiro atoms. The van der Waals surface area contributed by atoms with Gasteiger partial charge in [-0.3, -0.25) is 0 Å². The number of carbonyl (C=O) groups is 1. The van der Waals surface area contributed by atoms with Crippen molar-refractivity contribution in [2.24, 2.45) is 5.92 Å². The molecule has 1 amide bonds. The zero-order valence-electron chi connectivity index (χ0n) is 17.1. The van der Waals surface area contributed by atoms with Crippen LogP contribution in [0, 0.1) is 12.8 Å². The molecule has 0 saturated carbocycles. The van der Waals surface area contributed by atoms with Crippen molar-refractivity contribution in [1.29, 1.82) is 0 Å². The summed E-state index contributed by atoms with van der Waals surface area (Å²) >= 11 is 0. The van der Waals surface area contributed by atoms with Crippen molar-refractivity contribution < 1.29 is 13.9 Å². The van der Waals surface area contributed by atoms with Crippen molar-refractivity contribution in [2.75, 3.05) is 19.7 Å². The molecule has 7 nitrogen and oxygen atoms in total. The van der Waals surface area contributed by atoms with Gasteiger partial charge in [-0.25, -0.2) is 14.8 Å². The number of furan rings is 1. The molecular weight excluding hydrogens is 368 g/mol. The number of hydrogen-bond donors (Lipinski definition) is 0. The van der Waals surface area contributed by atoms with Gasteiger partial charge in [0.05, 0.1) is 13.2 Å². The molecule has 1 aliphatic rings. The number of carbonyl (C=O) groups excluding carboxylic acids is 1. The molecule has 1 fully saturated rings. The Bertz CT molecular complexity index is 978. The summed E-state index contributed by atoms with van der Waals surface area (Å²) in [7, 11) is 0. The fourth-order valence-electron chi connectivity index (χ4n) is 4.08. The maximum absolute atomic E-state index is 12.1. The average Bonchev–Trinajstić information content (AvgIpc) is 3.18. The lowest BCUT2D eigenvalue weighted by Gasteiger charge is -2.19. The molecule has 4 heterocycles. The molecule has 1 atom stereocenters. The molecule has 7 heteroatoms. The zero-order chi connectivity index (χ0) is 20.2. The summed E-state index contributed by atoms with van der Waals surface area (Å²) in [6.45, 7) is 6.34. The highest BCUT2D eigenvalue weighted by Gasteiger charge is 2.24. The van der Waals surface area contributed by atoms with E-state index < -0.39 is 0 Å². The van der Waals surface area contributed by atoms with E-state index in [0.717, 1.165) is 67.3 Å². The lowest BCUT2D eigenvalue weighted by atomic mass is 9.96. The van der Waals surface area contributed by atoms with Crippen LogP contribution in [0.4, 0.5) is 4.79 Å². The predicted octanol–water partition coefficient (Wildman–Crippen LogP) is 4.18. The topological polar surface area (TPSA) is 73.4 Å². The zero-order valence-corrected chi connectivity index (χ0v) is 17.1. The molecule has 29 heavy (non-hydrogen) atoms. The first-order valence-corrected chi connectivity index (χ1v) is 10.4. The van der Waals surface area contributed by atoms with Gasteiger partial charge in [0, 0.05) is 25.7 Å². The van der Waals surface area contributed by atoms with E-state index in [0.29, 0.717) is 19.1 Å². The van der Waals surface area contributed by atoms with Crippen LogP contribution in [0.15, 0.2) is 34.9 Å². The third-order valence-corrected chi connectivity index (χ3v) is 5.54. The van der Waals surface area contributed by atoms with E-state index >= 15 is 0 Å². The first-order valence-electron chi connectivity index (χ1n) is 10.4. The second-order valence-corrected chi connectivity index (χ2v) is 7.66. The van der Waals surface area contributed by atoms with E-state index in [1.54, 1.807) is 6.20 Å². The van der Waals surface area contributed by atoms with Crippen LogP contribution in [0.25, 0.3) is 11.2 Å². The maximum Gasteiger partial charge on any atom is 0.409 e. The molecule has 3 aromatic rings. The Morgan fingerprint density at radius 2 is 2.17 bits per heavy atom. The van der Waals surface area contributed by atoms with Gasteiger partial charge in [-0.1, -0.05) is 0 Å². The Kier molecular flexibility index (Phi) is 5.83.